The Morgan fingerprint density at radius 2 is 2.18 bits per heavy atom. The van der Waals surface area contributed by atoms with Gasteiger partial charge in [0.05, 0.1) is 0 Å². The van der Waals surface area contributed by atoms with Gasteiger partial charge in [0.2, 0.25) is 5.91 Å². The number of rotatable bonds is 7. The van der Waals surface area contributed by atoms with E-state index < -0.39 is 5.91 Å². The fourth-order valence-electron chi connectivity index (χ4n) is 1.51. The van der Waals surface area contributed by atoms with Gasteiger partial charge in [-0.1, -0.05) is 6.92 Å². The van der Waals surface area contributed by atoms with Crippen molar-refractivity contribution in [3.05, 3.63) is 23.4 Å². The van der Waals surface area contributed by atoms with Gasteiger partial charge >= 0.3 is 0 Å². The number of primary amides is 1. The zero-order valence-corrected chi connectivity index (χ0v) is 10.4. The molecule has 5 heteroatoms. The van der Waals surface area contributed by atoms with Crippen molar-refractivity contribution in [1.29, 1.82) is 0 Å². The Morgan fingerprint density at radius 3 is 2.82 bits per heavy atom. The van der Waals surface area contributed by atoms with Crippen molar-refractivity contribution in [2.75, 3.05) is 25.0 Å². The second-order valence-corrected chi connectivity index (χ2v) is 3.88. The minimum atomic E-state index is -0.425. The molecule has 0 unspecified atom stereocenters. The fraction of sp³-hybridized carbons (Fsp3) is 0.500. The highest BCUT2D eigenvalue weighted by molar-refractivity contribution is 5.93. The molecule has 0 aliphatic rings. The summed E-state index contributed by atoms with van der Waals surface area (Å²) in [6.45, 7) is 6.69. The lowest BCUT2D eigenvalue weighted by atomic mass is 10.2. The maximum atomic E-state index is 11.1. The first-order chi connectivity index (χ1) is 8.13. The fourth-order valence-corrected chi connectivity index (χ4v) is 1.51. The molecule has 0 atom stereocenters. The third kappa shape index (κ3) is 4.82. The normalized spacial score (nSPS) is 10.2. The van der Waals surface area contributed by atoms with Crippen LogP contribution in [-0.2, 0) is 0 Å². The summed E-state index contributed by atoms with van der Waals surface area (Å²) in [5.41, 5.74) is 6.52. The molecule has 94 valence electrons. The van der Waals surface area contributed by atoms with Crippen LogP contribution in [0.15, 0.2) is 12.1 Å². The zero-order chi connectivity index (χ0) is 12.7. The summed E-state index contributed by atoms with van der Waals surface area (Å²) in [5.74, 6) is 0.279. The minimum absolute atomic E-state index is 0.425. The van der Waals surface area contributed by atoms with Gasteiger partial charge in [0, 0.05) is 17.8 Å². The number of amides is 1. The van der Waals surface area contributed by atoms with E-state index in [9.17, 15) is 4.79 Å². The molecule has 0 saturated heterocycles. The number of hydrogen-bond donors (Lipinski definition) is 3. The van der Waals surface area contributed by atoms with Gasteiger partial charge in [-0.15, -0.1) is 0 Å². The third-order valence-electron chi connectivity index (χ3n) is 2.32. The average Bonchev–Trinajstić information content (AvgIpc) is 2.28. The van der Waals surface area contributed by atoms with Crippen molar-refractivity contribution < 1.29 is 4.79 Å². The summed E-state index contributed by atoms with van der Waals surface area (Å²) in [6.07, 6.45) is 1.01. The number of nitrogens with two attached hydrogens (primary N) is 1. The van der Waals surface area contributed by atoms with Crippen LogP contribution >= 0.6 is 0 Å². The molecule has 1 aromatic rings. The number of anilines is 1. The molecule has 0 fully saturated rings. The number of nitrogens with one attached hydrogen (secondary N) is 2. The van der Waals surface area contributed by atoms with E-state index >= 15 is 0 Å². The SMILES string of the molecule is CCNCCCNc1cc(C(N)=O)cc(C)n1. The van der Waals surface area contributed by atoms with E-state index in [-0.39, 0.29) is 0 Å². The Hall–Kier alpha value is -1.62. The van der Waals surface area contributed by atoms with E-state index in [4.69, 9.17) is 5.73 Å². The lowest BCUT2D eigenvalue weighted by Crippen LogP contribution is -2.18. The van der Waals surface area contributed by atoms with Crippen molar-refractivity contribution in [2.45, 2.75) is 20.3 Å². The van der Waals surface area contributed by atoms with Crippen molar-refractivity contribution in [2.24, 2.45) is 5.73 Å². The van der Waals surface area contributed by atoms with Gasteiger partial charge in [0.15, 0.2) is 0 Å². The van der Waals surface area contributed by atoms with Gasteiger partial charge < -0.3 is 16.4 Å². The topological polar surface area (TPSA) is 80.0 Å². The quantitative estimate of drug-likeness (QED) is 0.614. The number of carbonyl (C=O) groups excluding carboxylic acids is 1. The van der Waals surface area contributed by atoms with Crippen LogP contribution in [0.2, 0.25) is 0 Å². The van der Waals surface area contributed by atoms with Crippen LogP contribution < -0.4 is 16.4 Å². The Balaban J connectivity index is 2.50. The van der Waals surface area contributed by atoms with Crippen LogP contribution in [-0.4, -0.2) is 30.5 Å². The highest BCUT2D eigenvalue weighted by Crippen LogP contribution is 2.09. The predicted molar refractivity (Wildman–Crippen MR) is 69.1 cm³/mol. The van der Waals surface area contributed by atoms with Gasteiger partial charge in [0.1, 0.15) is 5.82 Å². The van der Waals surface area contributed by atoms with Crippen molar-refractivity contribution in [1.82, 2.24) is 10.3 Å². The van der Waals surface area contributed by atoms with Gasteiger partial charge in [-0.3, -0.25) is 4.79 Å². The molecule has 1 amide bonds. The van der Waals surface area contributed by atoms with Crippen molar-refractivity contribution in [3.8, 4) is 0 Å². The number of pyridine rings is 1. The van der Waals surface area contributed by atoms with E-state index in [0.717, 1.165) is 31.7 Å². The van der Waals surface area contributed by atoms with Crippen LogP contribution in [0.25, 0.3) is 0 Å². The van der Waals surface area contributed by atoms with E-state index in [2.05, 4.69) is 22.5 Å². The number of nitrogens with zero attached hydrogens (tertiary/aromatic N) is 1. The standard InChI is InChI=1S/C12H20N4O/c1-3-14-5-4-6-15-11-8-10(12(13)17)7-9(2)16-11/h7-8,14H,3-6H2,1-2H3,(H2,13,17)(H,15,16). The van der Waals surface area contributed by atoms with Crippen LogP contribution in [0.3, 0.4) is 0 Å². The number of aromatic nitrogens is 1. The van der Waals surface area contributed by atoms with E-state index in [0.29, 0.717) is 11.4 Å². The van der Waals surface area contributed by atoms with Gasteiger partial charge in [-0.05, 0) is 38.6 Å². The first-order valence-corrected chi connectivity index (χ1v) is 5.86. The average molecular weight is 236 g/mol. The molecule has 0 aliphatic carbocycles. The summed E-state index contributed by atoms with van der Waals surface area (Å²) in [6, 6.07) is 3.37. The highest BCUT2D eigenvalue weighted by atomic mass is 16.1. The summed E-state index contributed by atoms with van der Waals surface area (Å²) < 4.78 is 0. The molecule has 1 rings (SSSR count). The molecular formula is C12H20N4O. The molecule has 0 aromatic carbocycles. The smallest absolute Gasteiger partial charge is 0.248 e. The minimum Gasteiger partial charge on any atom is -0.370 e. The molecule has 4 N–H and O–H groups in total. The van der Waals surface area contributed by atoms with Crippen LogP contribution in [0, 0.1) is 6.92 Å². The molecule has 1 aromatic heterocycles. The first kappa shape index (κ1) is 13.4. The van der Waals surface area contributed by atoms with E-state index in [1.54, 1.807) is 12.1 Å². The molecule has 0 radical (unpaired) electrons. The van der Waals surface area contributed by atoms with Crippen molar-refractivity contribution >= 4 is 11.7 Å². The Kier molecular flexibility index (Phi) is 5.42. The molecule has 0 bridgehead atoms. The molecule has 0 spiro atoms. The summed E-state index contributed by atoms with van der Waals surface area (Å²) in [4.78, 5) is 15.4. The Morgan fingerprint density at radius 1 is 1.41 bits per heavy atom. The second-order valence-electron chi connectivity index (χ2n) is 3.88. The first-order valence-electron chi connectivity index (χ1n) is 5.86. The molecule has 0 aliphatic heterocycles. The second kappa shape index (κ2) is 6.85. The lowest BCUT2D eigenvalue weighted by Gasteiger charge is -2.08. The molecule has 17 heavy (non-hydrogen) atoms. The monoisotopic (exact) mass is 236 g/mol. The molecular weight excluding hydrogens is 216 g/mol. The lowest BCUT2D eigenvalue weighted by molar-refractivity contribution is 0.1000. The number of aryl methyl sites for hydroxylation is 1. The molecule has 0 saturated carbocycles. The van der Waals surface area contributed by atoms with Crippen LogP contribution in [0.5, 0.6) is 0 Å². The maximum Gasteiger partial charge on any atom is 0.248 e. The number of hydrogen-bond acceptors (Lipinski definition) is 4. The predicted octanol–water partition coefficient (Wildman–Crippen LogP) is 0.900. The Bertz CT molecular complexity index is 379. The van der Waals surface area contributed by atoms with Gasteiger partial charge in [-0.2, -0.15) is 0 Å². The van der Waals surface area contributed by atoms with Crippen LogP contribution in [0.4, 0.5) is 5.82 Å². The third-order valence-corrected chi connectivity index (χ3v) is 2.32. The summed E-state index contributed by atoms with van der Waals surface area (Å²) in [5, 5.41) is 6.42. The molecule has 5 nitrogen and oxygen atoms in total. The molecule has 1 heterocycles. The van der Waals surface area contributed by atoms with Gasteiger partial charge in [0.25, 0.3) is 0 Å². The zero-order valence-electron chi connectivity index (χ0n) is 10.4. The number of carbonyl (C=O) groups is 1. The maximum absolute atomic E-state index is 11.1. The highest BCUT2D eigenvalue weighted by Gasteiger charge is 2.04. The van der Waals surface area contributed by atoms with E-state index in [1.165, 1.54) is 0 Å². The van der Waals surface area contributed by atoms with E-state index in [1.807, 2.05) is 6.92 Å². The van der Waals surface area contributed by atoms with Gasteiger partial charge in [-0.25, -0.2) is 4.98 Å². The Labute approximate surface area is 102 Å². The summed E-state index contributed by atoms with van der Waals surface area (Å²) >= 11 is 0. The largest absolute Gasteiger partial charge is 0.370 e. The van der Waals surface area contributed by atoms with Crippen LogP contribution in [0.1, 0.15) is 29.4 Å². The van der Waals surface area contributed by atoms with Crippen molar-refractivity contribution in [3.63, 3.8) is 0 Å². The summed E-state index contributed by atoms with van der Waals surface area (Å²) in [7, 11) is 0.